The third kappa shape index (κ3) is 1.61. The van der Waals surface area contributed by atoms with Gasteiger partial charge >= 0.3 is 0 Å². The Hall–Kier alpha value is 0.200. The Labute approximate surface area is 53.7 Å². The van der Waals surface area contributed by atoms with Crippen LogP contribution in [-0.4, -0.2) is 13.5 Å². The first-order valence-corrected chi connectivity index (χ1v) is 3.62. The lowest BCUT2D eigenvalue weighted by Crippen LogP contribution is -2.01. The number of alkyl halides is 1. The molecule has 0 N–H and O–H groups in total. The molecule has 3 nitrogen and oxygen atoms in total. The van der Waals surface area contributed by atoms with Gasteiger partial charge < -0.3 is 0 Å². The summed E-state index contributed by atoms with van der Waals surface area (Å²) in [5.74, 6) is 0. The first kappa shape index (κ1) is 6.32. The van der Waals surface area contributed by atoms with Gasteiger partial charge in [-0.15, -0.1) is 0 Å². The zero-order valence-corrected chi connectivity index (χ0v) is 5.61. The van der Waals surface area contributed by atoms with E-state index >= 15 is 0 Å². The van der Waals surface area contributed by atoms with Crippen LogP contribution < -0.4 is 0 Å². The molecule has 0 aromatic heterocycles. The molecular formula is C3H5ClO3S. The number of hydrogen-bond donors (Lipinski definition) is 1. The molecule has 1 fully saturated rings. The topological polar surface area (TPSA) is 43.4 Å². The van der Waals surface area contributed by atoms with E-state index in [1.165, 1.54) is 0 Å². The van der Waals surface area contributed by atoms with E-state index in [-0.39, 0.29) is 0 Å². The van der Waals surface area contributed by atoms with E-state index in [1.807, 2.05) is 0 Å². The van der Waals surface area contributed by atoms with Gasteiger partial charge in [0, 0.05) is 0 Å². The molecule has 0 aromatic carbocycles. The summed E-state index contributed by atoms with van der Waals surface area (Å²) in [6.45, 7) is 0. The Morgan fingerprint density at radius 2 is 2.00 bits per heavy atom. The van der Waals surface area contributed by atoms with Gasteiger partial charge in [0.25, 0.3) is 11.0 Å². The van der Waals surface area contributed by atoms with Gasteiger partial charge in [-0.3, -0.25) is 0 Å². The number of thiol groups is 1. The molecule has 48 valence electrons. The lowest BCUT2D eigenvalue weighted by atomic mass is 10.8. The van der Waals surface area contributed by atoms with E-state index in [2.05, 4.69) is 4.18 Å². The van der Waals surface area contributed by atoms with Gasteiger partial charge in [-0.25, -0.2) is 12.6 Å². The van der Waals surface area contributed by atoms with Crippen molar-refractivity contribution in [3.05, 3.63) is 0 Å². The van der Waals surface area contributed by atoms with E-state index in [1.54, 1.807) is 0 Å². The maximum atomic E-state index is 9.79. The van der Waals surface area contributed by atoms with Crippen molar-refractivity contribution in [3.63, 3.8) is 0 Å². The minimum absolute atomic E-state index is 0.637. The maximum absolute atomic E-state index is 9.79. The van der Waals surface area contributed by atoms with Crippen LogP contribution in [0.5, 0.6) is 0 Å². The normalized spacial score (nSPS) is 23.8. The summed E-state index contributed by atoms with van der Waals surface area (Å²) >= 11 is 5.43. The number of hydrogen-bond acceptors (Lipinski definition) is 3. The molecule has 0 saturated heterocycles. The van der Waals surface area contributed by atoms with Crippen molar-refractivity contribution in [2.24, 2.45) is 0 Å². The van der Waals surface area contributed by atoms with Crippen LogP contribution in [0.4, 0.5) is 0 Å². The van der Waals surface area contributed by atoms with Gasteiger partial charge in [0.15, 0.2) is 5.06 Å². The Bertz CT molecular complexity index is 152. The summed E-state index contributed by atoms with van der Waals surface area (Å²) in [4.78, 5) is 0. The Morgan fingerprint density at radius 1 is 1.50 bits per heavy atom. The summed E-state index contributed by atoms with van der Waals surface area (Å²) in [7, 11) is -2.76. The molecule has 0 heterocycles. The third-order valence-electron chi connectivity index (χ3n) is 0.881. The second-order valence-corrected chi connectivity index (χ2v) is 3.02. The van der Waals surface area contributed by atoms with Gasteiger partial charge in [0.2, 0.25) is 0 Å². The third-order valence-corrected chi connectivity index (χ3v) is 1.94. The zero-order valence-electron chi connectivity index (χ0n) is 3.96. The van der Waals surface area contributed by atoms with Gasteiger partial charge in [-0.05, 0) is 12.8 Å². The molecule has 0 atom stereocenters. The molecule has 0 aromatic rings. The average Bonchev–Trinajstić information content (AvgIpc) is 2.17. The number of rotatable bonds is 2. The molecule has 0 amide bonds. The summed E-state index contributed by atoms with van der Waals surface area (Å²) in [5.41, 5.74) is 0. The lowest BCUT2D eigenvalue weighted by Gasteiger charge is -1.96. The molecule has 1 saturated carbocycles. The molecule has 5 heteroatoms. The molecule has 0 spiro atoms. The van der Waals surface area contributed by atoms with Crippen LogP contribution in [0.15, 0.2) is 0 Å². The highest BCUT2D eigenvalue weighted by Gasteiger charge is 2.43. The molecule has 1 aliphatic carbocycles. The standard InChI is InChI=1S/C3H5ClO3S/c4-3(1-2-3)7-8(5)6/h8H,1-2H2. The van der Waals surface area contributed by atoms with Crippen LogP contribution in [0.2, 0.25) is 0 Å². The van der Waals surface area contributed by atoms with Crippen molar-refractivity contribution in [3.8, 4) is 0 Å². The van der Waals surface area contributed by atoms with Crippen LogP contribution >= 0.6 is 11.6 Å². The largest absolute Gasteiger partial charge is 0.258 e. The quantitative estimate of drug-likeness (QED) is 0.461. The van der Waals surface area contributed by atoms with E-state index in [0.717, 1.165) is 0 Å². The smallest absolute Gasteiger partial charge is 0.249 e. The summed E-state index contributed by atoms with van der Waals surface area (Å²) in [6.07, 6.45) is 1.27. The molecule has 0 unspecified atom stereocenters. The first-order valence-electron chi connectivity index (χ1n) is 2.15. The van der Waals surface area contributed by atoms with Crippen LogP contribution in [0.1, 0.15) is 12.8 Å². The summed E-state index contributed by atoms with van der Waals surface area (Å²) in [6, 6.07) is 0. The minimum atomic E-state index is -2.76. The van der Waals surface area contributed by atoms with E-state index in [9.17, 15) is 8.42 Å². The summed E-state index contributed by atoms with van der Waals surface area (Å²) in [5, 5.41) is -0.852. The van der Waals surface area contributed by atoms with Gasteiger partial charge in [-0.2, -0.15) is 0 Å². The lowest BCUT2D eigenvalue weighted by molar-refractivity contribution is 0.283. The van der Waals surface area contributed by atoms with E-state index < -0.39 is 16.0 Å². The van der Waals surface area contributed by atoms with Crippen LogP contribution in [0.3, 0.4) is 0 Å². The van der Waals surface area contributed by atoms with Gasteiger partial charge in [0.05, 0.1) is 0 Å². The van der Waals surface area contributed by atoms with Crippen molar-refractivity contribution >= 4 is 22.6 Å². The van der Waals surface area contributed by atoms with Crippen molar-refractivity contribution in [2.45, 2.75) is 17.9 Å². The molecule has 8 heavy (non-hydrogen) atoms. The SMILES string of the molecule is O=[SH](=O)OC1(Cl)CC1. The highest BCUT2D eigenvalue weighted by Crippen LogP contribution is 2.43. The fourth-order valence-corrected chi connectivity index (χ4v) is 1.04. The fraction of sp³-hybridized carbons (Fsp3) is 1.00. The molecule has 0 aliphatic heterocycles. The Balaban J connectivity index is 2.40. The second kappa shape index (κ2) is 1.86. The summed E-state index contributed by atoms with van der Waals surface area (Å²) < 4.78 is 23.8. The average molecular weight is 157 g/mol. The molecule has 0 radical (unpaired) electrons. The maximum Gasteiger partial charge on any atom is 0.258 e. The molecule has 1 rings (SSSR count). The monoisotopic (exact) mass is 156 g/mol. The molecule has 1 aliphatic rings. The zero-order chi connectivity index (χ0) is 6.20. The van der Waals surface area contributed by atoms with Gasteiger partial charge in [0.1, 0.15) is 0 Å². The van der Waals surface area contributed by atoms with Crippen molar-refractivity contribution in [2.75, 3.05) is 0 Å². The minimum Gasteiger partial charge on any atom is -0.249 e. The molecule has 0 bridgehead atoms. The fourth-order valence-electron chi connectivity index (χ4n) is 0.323. The predicted octanol–water partition coefficient (Wildman–Crippen LogP) is 0.258. The van der Waals surface area contributed by atoms with Crippen LogP contribution in [0, 0.1) is 0 Å². The van der Waals surface area contributed by atoms with E-state index in [0.29, 0.717) is 12.8 Å². The highest BCUT2D eigenvalue weighted by molar-refractivity contribution is 7.67. The molecular weight excluding hydrogens is 152 g/mol. The second-order valence-electron chi connectivity index (χ2n) is 1.70. The van der Waals surface area contributed by atoms with Crippen LogP contribution in [0.25, 0.3) is 0 Å². The van der Waals surface area contributed by atoms with Crippen LogP contribution in [-0.2, 0) is 15.2 Å². The van der Waals surface area contributed by atoms with Crippen molar-refractivity contribution in [1.82, 2.24) is 0 Å². The van der Waals surface area contributed by atoms with E-state index in [4.69, 9.17) is 11.6 Å². The predicted molar refractivity (Wildman–Crippen MR) is 29.2 cm³/mol. The number of halogens is 1. The Kier molecular flexibility index (Phi) is 1.47. The van der Waals surface area contributed by atoms with Crippen molar-refractivity contribution in [1.29, 1.82) is 0 Å². The Morgan fingerprint density at radius 3 is 2.12 bits per heavy atom. The first-order chi connectivity index (χ1) is 3.62. The highest BCUT2D eigenvalue weighted by atomic mass is 35.5. The van der Waals surface area contributed by atoms with Crippen molar-refractivity contribution < 1.29 is 12.6 Å². The van der Waals surface area contributed by atoms with Gasteiger partial charge in [-0.1, -0.05) is 11.6 Å².